The van der Waals surface area contributed by atoms with E-state index in [1.807, 2.05) is 24.3 Å². The number of phenolic OH excluding ortho intramolecular Hbond substituents is 2. The van der Waals surface area contributed by atoms with Crippen LogP contribution in [0.4, 0.5) is 10.1 Å². The third-order valence-electron chi connectivity index (χ3n) is 7.77. The van der Waals surface area contributed by atoms with E-state index in [0.29, 0.717) is 36.8 Å². The molecule has 5 nitrogen and oxygen atoms in total. The van der Waals surface area contributed by atoms with Gasteiger partial charge >= 0.3 is 0 Å². The van der Waals surface area contributed by atoms with Crippen molar-refractivity contribution < 1.29 is 19.3 Å². The van der Waals surface area contributed by atoms with E-state index in [2.05, 4.69) is 44.8 Å². The van der Waals surface area contributed by atoms with E-state index in [9.17, 15) is 14.6 Å². The second-order valence-electron chi connectivity index (χ2n) is 11.5. The van der Waals surface area contributed by atoms with Gasteiger partial charge in [-0.15, -0.1) is 0 Å². The van der Waals surface area contributed by atoms with Crippen molar-refractivity contribution in [2.24, 2.45) is 0 Å². The lowest BCUT2D eigenvalue weighted by molar-refractivity contribution is 0.140. The summed E-state index contributed by atoms with van der Waals surface area (Å²) in [4.78, 5) is 2.33. The van der Waals surface area contributed by atoms with E-state index < -0.39 is 0 Å². The van der Waals surface area contributed by atoms with Crippen LogP contribution in [0, 0.1) is 5.82 Å². The molecule has 210 valence electrons. The number of benzene rings is 3. The molecule has 0 aromatic heterocycles. The molecule has 2 atom stereocenters. The van der Waals surface area contributed by atoms with Gasteiger partial charge in [0.05, 0.1) is 0 Å². The Morgan fingerprint density at radius 3 is 2.36 bits per heavy atom. The molecule has 0 bridgehead atoms. The Kier molecular flexibility index (Phi) is 9.39. The minimum atomic E-state index is -0.342. The normalized spacial score (nSPS) is 16.0. The van der Waals surface area contributed by atoms with Gasteiger partial charge in [0.1, 0.15) is 18.1 Å². The zero-order chi connectivity index (χ0) is 28.1. The Hall–Kier alpha value is -3.25. The Morgan fingerprint density at radius 2 is 1.64 bits per heavy atom. The van der Waals surface area contributed by atoms with Gasteiger partial charge in [-0.3, -0.25) is 4.90 Å². The van der Waals surface area contributed by atoms with Crippen LogP contribution >= 0.6 is 0 Å². The number of phenols is 2. The zero-order valence-corrected chi connectivity index (χ0v) is 23.9. The van der Waals surface area contributed by atoms with Gasteiger partial charge in [0.15, 0.2) is 11.6 Å². The van der Waals surface area contributed by atoms with Crippen molar-refractivity contribution in [3.63, 3.8) is 0 Å². The van der Waals surface area contributed by atoms with E-state index in [-0.39, 0.29) is 23.4 Å². The van der Waals surface area contributed by atoms with Gasteiger partial charge in [0.25, 0.3) is 0 Å². The molecular formula is C33H43FN2O3. The largest absolute Gasteiger partial charge is 0.508 e. The monoisotopic (exact) mass is 534 g/mol. The number of aromatic hydroxyl groups is 2. The molecule has 0 saturated carbocycles. The first-order chi connectivity index (χ1) is 18.6. The molecule has 1 aliphatic rings. The number of nitrogens with one attached hydrogen (secondary N) is 1. The van der Waals surface area contributed by atoms with Crippen molar-refractivity contribution >= 4 is 5.69 Å². The Bertz CT molecular complexity index is 1250. The smallest absolute Gasteiger partial charge is 0.165 e. The Morgan fingerprint density at radius 1 is 0.923 bits per heavy atom. The highest BCUT2D eigenvalue weighted by Crippen LogP contribution is 2.38. The van der Waals surface area contributed by atoms with Gasteiger partial charge in [-0.25, -0.2) is 4.39 Å². The highest BCUT2D eigenvalue weighted by Gasteiger charge is 2.23. The van der Waals surface area contributed by atoms with Crippen LogP contribution in [-0.2, 0) is 19.3 Å². The SMILES string of the molecule is CC(Cc1ccc(OCCN(C(C)C)C(C)C)c(F)c1)Nc1cc(O)ccc1C1CCc2cc(O)ccc2C1. The number of anilines is 1. The fourth-order valence-corrected chi connectivity index (χ4v) is 5.86. The van der Waals surface area contributed by atoms with E-state index in [4.69, 9.17) is 4.74 Å². The molecule has 3 aromatic rings. The maximum Gasteiger partial charge on any atom is 0.165 e. The average molecular weight is 535 g/mol. The Labute approximate surface area is 232 Å². The van der Waals surface area contributed by atoms with Crippen molar-refractivity contribution in [2.75, 3.05) is 18.5 Å². The lowest BCUT2D eigenvalue weighted by Gasteiger charge is -2.30. The predicted octanol–water partition coefficient (Wildman–Crippen LogP) is 7.05. The second-order valence-corrected chi connectivity index (χ2v) is 11.5. The van der Waals surface area contributed by atoms with Gasteiger partial charge in [-0.1, -0.05) is 18.2 Å². The van der Waals surface area contributed by atoms with Crippen LogP contribution < -0.4 is 10.1 Å². The maximum absolute atomic E-state index is 14.9. The average Bonchev–Trinajstić information content (AvgIpc) is 2.87. The lowest BCUT2D eigenvalue weighted by Crippen LogP contribution is -2.39. The molecule has 3 N–H and O–H groups in total. The number of hydrogen-bond acceptors (Lipinski definition) is 5. The number of fused-ring (bicyclic) bond motifs is 1. The minimum absolute atomic E-state index is 0.0233. The topological polar surface area (TPSA) is 65.0 Å². The first kappa shape index (κ1) is 28.8. The highest BCUT2D eigenvalue weighted by molar-refractivity contribution is 5.58. The molecule has 0 fully saturated rings. The zero-order valence-electron chi connectivity index (χ0n) is 23.9. The highest BCUT2D eigenvalue weighted by atomic mass is 19.1. The van der Waals surface area contributed by atoms with E-state index in [1.54, 1.807) is 30.3 Å². The molecular weight excluding hydrogens is 491 g/mol. The second kappa shape index (κ2) is 12.7. The fourth-order valence-electron chi connectivity index (χ4n) is 5.86. The molecule has 0 amide bonds. The number of rotatable bonds is 11. The fraction of sp³-hybridized carbons (Fsp3) is 0.455. The third-order valence-corrected chi connectivity index (χ3v) is 7.77. The van der Waals surface area contributed by atoms with Crippen LogP contribution in [0.3, 0.4) is 0 Å². The van der Waals surface area contributed by atoms with Gasteiger partial charge in [0, 0.05) is 36.4 Å². The molecule has 0 radical (unpaired) electrons. The summed E-state index contributed by atoms with van der Waals surface area (Å²) in [5.41, 5.74) is 5.44. The van der Waals surface area contributed by atoms with Gasteiger partial charge in [-0.2, -0.15) is 0 Å². The number of nitrogens with zero attached hydrogens (tertiary/aromatic N) is 1. The van der Waals surface area contributed by atoms with Crippen molar-refractivity contribution in [2.45, 2.75) is 84.3 Å². The minimum Gasteiger partial charge on any atom is -0.508 e. The lowest BCUT2D eigenvalue weighted by atomic mass is 9.79. The summed E-state index contributed by atoms with van der Waals surface area (Å²) >= 11 is 0. The molecule has 2 unspecified atom stereocenters. The molecule has 3 aromatic carbocycles. The van der Waals surface area contributed by atoms with Crippen LogP contribution in [0.1, 0.15) is 69.2 Å². The van der Waals surface area contributed by atoms with Crippen LogP contribution in [0.15, 0.2) is 54.6 Å². The van der Waals surface area contributed by atoms with E-state index in [1.165, 1.54) is 16.7 Å². The third kappa shape index (κ3) is 7.45. The summed E-state index contributed by atoms with van der Waals surface area (Å²) in [5, 5.41) is 23.6. The summed E-state index contributed by atoms with van der Waals surface area (Å²) < 4.78 is 20.6. The number of ether oxygens (including phenoxy) is 1. The number of aryl methyl sites for hydroxylation is 1. The van der Waals surface area contributed by atoms with Crippen LogP contribution in [0.5, 0.6) is 17.2 Å². The standard InChI is InChI=1S/C33H43FN2O3/c1-21(2)36(22(3)4)14-15-39-33-13-6-24(17-31(33)34)16-23(5)35-32-20-29(38)11-12-30(32)27-8-7-26-19-28(37)10-9-25(26)18-27/h6,9-13,17,19-23,27,35,37-38H,7-8,14-16,18H2,1-5H3. The number of halogens is 1. The molecule has 0 saturated heterocycles. The van der Waals surface area contributed by atoms with Crippen molar-refractivity contribution in [1.29, 1.82) is 0 Å². The summed E-state index contributed by atoms with van der Waals surface area (Å²) in [7, 11) is 0. The molecule has 0 heterocycles. The van der Waals surface area contributed by atoms with Gasteiger partial charge in [-0.05, 0) is 119 Å². The summed E-state index contributed by atoms with van der Waals surface area (Å²) in [6.45, 7) is 11.9. The van der Waals surface area contributed by atoms with E-state index in [0.717, 1.165) is 37.1 Å². The van der Waals surface area contributed by atoms with Gasteiger partial charge < -0.3 is 20.3 Å². The maximum atomic E-state index is 14.9. The van der Waals surface area contributed by atoms with Crippen molar-refractivity contribution in [3.8, 4) is 17.2 Å². The summed E-state index contributed by atoms with van der Waals surface area (Å²) in [5.74, 6) is 0.787. The van der Waals surface area contributed by atoms with E-state index >= 15 is 0 Å². The quantitative estimate of drug-likeness (QED) is 0.246. The summed E-state index contributed by atoms with van der Waals surface area (Å²) in [6.07, 6.45) is 3.41. The van der Waals surface area contributed by atoms with Crippen LogP contribution in [-0.4, -0.2) is 46.4 Å². The molecule has 4 rings (SSSR count). The molecule has 39 heavy (non-hydrogen) atoms. The number of hydrogen-bond donors (Lipinski definition) is 3. The molecule has 1 aliphatic carbocycles. The van der Waals surface area contributed by atoms with Gasteiger partial charge in [0.2, 0.25) is 0 Å². The predicted molar refractivity (Wildman–Crippen MR) is 157 cm³/mol. The first-order valence-corrected chi connectivity index (χ1v) is 14.2. The molecule has 6 heteroatoms. The first-order valence-electron chi connectivity index (χ1n) is 14.2. The van der Waals surface area contributed by atoms with Crippen LogP contribution in [0.2, 0.25) is 0 Å². The van der Waals surface area contributed by atoms with Crippen molar-refractivity contribution in [1.82, 2.24) is 4.90 Å². The Balaban J connectivity index is 1.39. The molecule has 0 aliphatic heterocycles. The van der Waals surface area contributed by atoms with Crippen LogP contribution in [0.25, 0.3) is 0 Å². The molecule has 0 spiro atoms. The van der Waals surface area contributed by atoms with Crippen molar-refractivity contribution in [3.05, 3.63) is 82.7 Å². The summed E-state index contributed by atoms with van der Waals surface area (Å²) in [6, 6.07) is 17.2.